The van der Waals surface area contributed by atoms with Gasteiger partial charge in [-0.1, -0.05) is 0 Å². The summed E-state index contributed by atoms with van der Waals surface area (Å²) in [5, 5.41) is 4.55. The quantitative estimate of drug-likeness (QED) is 0.650. The molecule has 0 aromatic carbocycles. The summed E-state index contributed by atoms with van der Waals surface area (Å²) in [7, 11) is 0. The second-order valence-electron chi connectivity index (χ2n) is 7.11. The molecular formula is C17H26O2Ti. The molecular weight excluding hydrogens is 284 g/mol. The summed E-state index contributed by atoms with van der Waals surface area (Å²) >= 11 is -2.51. The summed E-state index contributed by atoms with van der Waals surface area (Å²) in [6, 6.07) is 0. The Labute approximate surface area is 126 Å². The van der Waals surface area contributed by atoms with Crippen molar-refractivity contribution >= 4 is 5.97 Å². The van der Waals surface area contributed by atoms with E-state index in [1.807, 2.05) is 0 Å². The van der Waals surface area contributed by atoms with E-state index in [4.69, 9.17) is 3.32 Å². The number of fused-ring (bicyclic) bond motifs is 1. The predicted molar refractivity (Wildman–Crippen MR) is 78.2 cm³/mol. The molecule has 0 aliphatic heterocycles. The zero-order valence-corrected chi connectivity index (χ0v) is 14.6. The van der Waals surface area contributed by atoms with Crippen LogP contribution in [0.15, 0.2) is 22.3 Å². The standard InChI is InChI=1S/C13H17.C2H4O2.2CH3.Ti/c1-3-7-12-10(5-1)9-11-6-2-4-8-13(11)12;1-2(3)4;;;/h5H,1-4,6-9H2;1H3,(H,3,4);2*1H3;/q;;;;+1/p-1. The number of hydrogen-bond donors (Lipinski definition) is 0. The van der Waals surface area contributed by atoms with Crippen LogP contribution >= 0.6 is 0 Å². The van der Waals surface area contributed by atoms with Crippen molar-refractivity contribution in [3.63, 3.8) is 0 Å². The summed E-state index contributed by atoms with van der Waals surface area (Å²) in [5.74, 6) is -0.0709. The summed E-state index contributed by atoms with van der Waals surface area (Å²) in [5.41, 5.74) is 6.84. The molecule has 3 heteroatoms. The Morgan fingerprint density at radius 2 is 1.80 bits per heavy atom. The predicted octanol–water partition coefficient (Wildman–Crippen LogP) is 5.26. The third-order valence-corrected chi connectivity index (χ3v) is 10.2. The van der Waals surface area contributed by atoms with Crippen molar-refractivity contribution in [3.05, 3.63) is 22.3 Å². The summed E-state index contributed by atoms with van der Waals surface area (Å²) in [4.78, 5) is 11.4. The van der Waals surface area contributed by atoms with Crippen molar-refractivity contribution in [3.8, 4) is 0 Å². The number of carbonyl (C=O) groups is 1. The van der Waals surface area contributed by atoms with Crippen LogP contribution in [0.5, 0.6) is 0 Å². The van der Waals surface area contributed by atoms with Gasteiger partial charge in [0.15, 0.2) is 0 Å². The van der Waals surface area contributed by atoms with Crippen molar-refractivity contribution in [2.75, 3.05) is 0 Å². The normalized spacial score (nSPS) is 26.4. The number of rotatable bonds is 2. The van der Waals surface area contributed by atoms with Gasteiger partial charge in [0, 0.05) is 0 Å². The molecule has 0 amide bonds. The van der Waals surface area contributed by atoms with E-state index in [0.717, 1.165) is 0 Å². The Kier molecular flexibility index (Phi) is 3.98. The third kappa shape index (κ3) is 2.57. The molecule has 0 bridgehead atoms. The molecule has 20 heavy (non-hydrogen) atoms. The van der Waals surface area contributed by atoms with Crippen LogP contribution in [0.1, 0.15) is 58.3 Å². The molecule has 3 rings (SSSR count). The van der Waals surface area contributed by atoms with Gasteiger partial charge in [0.1, 0.15) is 0 Å². The zero-order chi connectivity index (χ0) is 14.3. The van der Waals surface area contributed by atoms with Crippen LogP contribution in [-0.4, -0.2) is 5.97 Å². The SMILES string of the molecule is CC(=O)[O][Ti]([CH3])([CH3])[CH]1CCCC2=C1CC1=C2CCCC1. The molecule has 0 aromatic heterocycles. The average Bonchev–Trinajstić information content (AvgIpc) is 2.75. The number of carbonyl (C=O) groups excluding carboxylic acids is 1. The van der Waals surface area contributed by atoms with Gasteiger partial charge in [-0.05, 0) is 0 Å². The minimum atomic E-state index is -2.51. The molecule has 0 saturated heterocycles. The fourth-order valence-electron chi connectivity index (χ4n) is 4.57. The van der Waals surface area contributed by atoms with Gasteiger partial charge in [0.05, 0.1) is 0 Å². The minimum absolute atomic E-state index is 0.0709. The van der Waals surface area contributed by atoms with E-state index in [-0.39, 0.29) is 5.97 Å². The first-order valence-electron chi connectivity index (χ1n) is 8.12. The van der Waals surface area contributed by atoms with Crippen LogP contribution in [0.2, 0.25) is 14.7 Å². The first-order valence-corrected chi connectivity index (χ1v) is 12.8. The molecule has 3 aliphatic rings. The molecule has 0 spiro atoms. The van der Waals surface area contributed by atoms with Crippen LogP contribution in [-0.2, 0) is 25.1 Å². The summed E-state index contributed by atoms with van der Waals surface area (Å²) < 4.78 is 6.44. The van der Waals surface area contributed by atoms with Gasteiger partial charge in [-0.25, -0.2) is 0 Å². The van der Waals surface area contributed by atoms with E-state index in [1.54, 1.807) is 29.2 Å². The Bertz CT molecular complexity index is 499. The summed E-state index contributed by atoms with van der Waals surface area (Å²) in [6.45, 7) is 1.57. The molecule has 110 valence electrons. The van der Waals surface area contributed by atoms with Crippen LogP contribution < -0.4 is 0 Å². The fourth-order valence-corrected chi connectivity index (χ4v) is 9.09. The Balaban J connectivity index is 1.89. The average molecular weight is 310 g/mol. The molecule has 2 nitrogen and oxygen atoms in total. The summed E-state index contributed by atoms with van der Waals surface area (Å²) in [6.07, 6.45) is 10.4. The molecule has 0 N–H and O–H groups in total. The molecule has 0 saturated carbocycles. The molecule has 0 heterocycles. The van der Waals surface area contributed by atoms with Crippen molar-refractivity contribution in [2.45, 2.75) is 73.0 Å². The van der Waals surface area contributed by atoms with Gasteiger partial charge < -0.3 is 0 Å². The van der Waals surface area contributed by atoms with Gasteiger partial charge in [-0.15, -0.1) is 0 Å². The monoisotopic (exact) mass is 310 g/mol. The van der Waals surface area contributed by atoms with Crippen LogP contribution in [0, 0.1) is 0 Å². The van der Waals surface area contributed by atoms with Crippen molar-refractivity contribution in [2.24, 2.45) is 0 Å². The number of allylic oxidation sites excluding steroid dienone is 4. The maximum atomic E-state index is 11.4. The maximum absolute atomic E-state index is 11.4. The molecule has 1 unspecified atom stereocenters. The molecule has 0 aromatic rings. The fraction of sp³-hybridized carbons (Fsp3) is 0.706. The van der Waals surface area contributed by atoms with Gasteiger partial charge in [0.25, 0.3) is 0 Å². The molecule has 1 atom stereocenters. The van der Waals surface area contributed by atoms with E-state index in [0.29, 0.717) is 4.22 Å². The van der Waals surface area contributed by atoms with Gasteiger partial charge in [0.2, 0.25) is 0 Å². The Morgan fingerprint density at radius 3 is 2.55 bits per heavy atom. The van der Waals surface area contributed by atoms with Gasteiger partial charge in [-0.2, -0.15) is 0 Å². The van der Waals surface area contributed by atoms with E-state index in [9.17, 15) is 4.79 Å². The first kappa shape index (κ1) is 14.6. The molecule has 0 radical (unpaired) electrons. The van der Waals surface area contributed by atoms with Gasteiger partial charge in [-0.3, -0.25) is 0 Å². The topological polar surface area (TPSA) is 26.3 Å². The van der Waals surface area contributed by atoms with E-state index in [1.165, 1.54) is 51.4 Å². The second-order valence-corrected chi connectivity index (χ2v) is 13.5. The molecule has 3 aliphatic carbocycles. The first-order chi connectivity index (χ1) is 9.49. The van der Waals surface area contributed by atoms with E-state index < -0.39 is 17.0 Å². The third-order valence-electron chi connectivity index (χ3n) is 5.32. The van der Waals surface area contributed by atoms with Crippen molar-refractivity contribution < 1.29 is 25.1 Å². The second kappa shape index (κ2) is 5.46. The van der Waals surface area contributed by atoms with Crippen LogP contribution in [0.3, 0.4) is 0 Å². The Hall–Kier alpha value is -0.336. The molecule has 0 fully saturated rings. The Morgan fingerprint density at radius 1 is 1.10 bits per heavy atom. The van der Waals surface area contributed by atoms with E-state index in [2.05, 4.69) is 10.5 Å². The van der Waals surface area contributed by atoms with Crippen LogP contribution in [0.25, 0.3) is 0 Å². The van der Waals surface area contributed by atoms with Crippen LogP contribution in [0.4, 0.5) is 0 Å². The number of hydrogen-bond acceptors (Lipinski definition) is 2. The zero-order valence-electron chi connectivity index (χ0n) is 13.1. The van der Waals surface area contributed by atoms with Gasteiger partial charge >= 0.3 is 126 Å². The van der Waals surface area contributed by atoms with Crippen molar-refractivity contribution in [1.82, 2.24) is 0 Å². The van der Waals surface area contributed by atoms with Crippen molar-refractivity contribution in [1.29, 1.82) is 0 Å². The van der Waals surface area contributed by atoms with E-state index >= 15 is 0 Å².